The minimum absolute atomic E-state index is 0.0136. The molecular weight excluding hydrogens is 781 g/mol. The van der Waals surface area contributed by atoms with Crippen LogP contribution in [-0.4, -0.2) is 72.7 Å². The van der Waals surface area contributed by atoms with Crippen LogP contribution >= 0.6 is 23.4 Å². The predicted molar refractivity (Wildman–Crippen MR) is 226 cm³/mol. The SMILES string of the molecule is COC(=O)c1c(CCCO)c2ccc(Cl)c(-c3c(COC4CCCCO4)nn(C)c3C)c2n1CCCSCc1cc(CCc2cc(O)c3ccc(F)cc3c2)n(C)n1. The van der Waals surface area contributed by atoms with E-state index in [9.17, 15) is 19.4 Å². The Hall–Kier alpha value is -4.40. The Kier molecular flexibility index (Phi) is 13.4. The third kappa shape index (κ3) is 8.93. The molecule has 1 saturated heterocycles. The molecule has 0 amide bonds. The number of esters is 1. The number of nitrogens with zero attached hydrogens (tertiary/aromatic N) is 5. The lowest BCUT2D eigenvalue weighted by molar-refractivity contribution is -0.169. The second-order valence-electron chi connectivity index (χ2n) is 14.9. The number of benzene rings is 3. The molecule has 1 aliphatic heterocycles. The number of thioether (sulfide) groups is 1. The van der Waals surface area contributed by atoms with Crippen LogP contribution in [0.25, 0.3) is 32.8 Å². The van der Waals surface area contributed by atoms with Crippen LogP contribution in [0, 0.1) is 12.7 Å². The lowest BCUT2D eigenvalue weighted by Gasteiger charge is -2.22. The van der Waals surface area contributed by atoms with Gasteiger partial charge in [-0.15, -0.1) is 0 Å². The maximum Gasteiger partial charge on any atom is 0.354 e. The van der Waals surface area contributed by atoms with Crippen molar-refractivity contribution in [3.05, 3.63) is 99.0 Å². The normalized spacial score (nSPS) is 14.6. The zero-order valence-corrected chi connectivity index (χ0v) is 35.1. The number of phenolic OH excluding ortho intramolecular Hbond substituents is 1. The lowest BCUT2D eigenvalue weighted by atomic mass is 9.98. The molecule has 2 N–H and O–H groups in total. The topological polar surface area (TPSA) is 126 Å². The van der Waals surface area contributed by atoms with Gasteiger partial charge in [0.05, 0.1) is 35.6 Å². The molecule has 1 fully saturated rings. The highest BCUT2D eigenvalue weighted by Gasteiger charge is 2.29. The number of aliphatic hydroxyl groups excluding tert-OH is 1. The second kappa shape index (κ2) is 18.7. The third-order valence-corrected chi connectivity index (χ3v) is 12.4. The molecule has 308 valence electrons. The summed E-state index contributed by atoms with van der Waals surface area (Å²) in [5.74, 6) is 0.886. The van der Waals surface area contributed by atoms with Crippen LogP contribution in [0.15, 0.2) is 48.5 Å². The number of aliphatic hydroxyl groups is 1. The molecular formula is C44H51ClFN5O6S. The number of aromatic hydroxyl groups is 1. The number of halogens is 2. The molecule has 3 aromatic carbocycles. The molecule has 0 radical (unpaired) electrons. The average molecular weight is 832 g/mol. The summed E-state index contributed by atoms with van der Waals surface area (Å²) in [4.78, 5) is 13.6. The minimum atomic E-state index is -0.438. The predicted octanol–water partition coefficient (Wildman–Crippen LogP) is 8.60. The van der Waals surface area contributed by atoms with Gasteiger partial charge in [-0.2, -0.15) is 22.0 Å². The van der Waals surface area contributed by atoms with E-state index in [1.807, 2.05) is 48.6 Å². The van der Waals surface area contributed by atoms with Crippen LogP contribution in [0.2, 0.25) is 5.02 Å². The van der Waals surface area contributed by atoms with Crippen molar-refractivity contribution >= 4 is 51.0 Å². The van der Waals surface area contributed by atoms with Gasteiger partial charge in [0.25, 0.3) is 0 Å². The summed E-state index contributed by atoms with van der Waals surface area (Å²) in [5, 5.41) is 32.7. The van der Waals surface area contributed by atoms with Gasteiger partial charge in [-0.25, -0.2) is 9.18 Å². The Balaban J connectivity index is 1.11. The minimum Gasteiger partial charge on any atom is -0.507 e. The van der Waals surface area contributed by atoms with E-state index in [0.29, 0.717) is 66.1 Å². The quantitative estimate of drug-likeness (QED) is 0.0687. The summed E-state index contributed by atoms with van der Waals surface area (Å²) in [6, 6.07) is 14.0. The molecule has 1 atom stereocenters. The largest absolute Gasteiger partial charge is 0.507 e. The third-order valence-electron chi connectivity index (χ3n) is 11.0. The van der Waals surface area contributed by atoms with E-state index < -0.39 is 5.97 Å². The number of rotatable bonds is 17. The lowest BCUT2D eigenvalue weighted by Crippen LogP contribution is -2.22. The van der Waals surface area contributed by atoms with Crippen LogP contribution in [0.5, 0.6) is 5.75 Å². The Morgan fingerprint density at radius 2 is 1.84 bits per heavy atom. The van der Waals surface area contributed by atoms with Gasteiger partial charge in [0.2, 0.25) is 0 Å². The van der Waals surface area contributed by atoms with Gasteiger partial charge in [0, 0.05) is 72.9 Å². The summed E-state index contributed by atoms with van der Waals surface area (Å²) >= 11 is 8.91. The van der Waals surface area contributed by atoms with Gasteiger partial charge in [-0.05, 0) is 117 Å². The highest BCUT2D eigenvalue weighted by atomic mass is 35.5. The van der Waals surface area contributed by atoms with Crippen LogP contribution in [0.3, 0.4) is 0 Å². The number of methoxy groups -OCH3 is 1. The summed E-state index contributed by atoms with van der Waals surface area (Å²) in [6.07, 6.45) is 5.73. The fourth-order valence-electron chi connectivity index (χ4n) is 8.09. The molecule has 0 saturated carbocycles. The standard InChI is InChI=1S/C44H51ClFN5O6S/c1-27-40(37(48-49(27)2)25-57-39-10-5-6-19-56-39)41-36(45)16-15-35-34(9-7-18-52)43(44(54)55-4)51(42(35)41)17-8-20-58-26-31-24-32(50(3)47-31)13-11-28-21-29-23-30(46)12-14-33(29)38(53)22-28/h12,14-16,21-24,39,52-53H,5-11,13,17-20,25-26H2,1-4H3. The second-order valence-corrected chi connectivity index (χ2v) is 16.4. The molecule has 7 rings (SSSR count). The van der Waals surface area contributed by atoms with Gasteiger partial charge in [0.1, 0.15) is 17.3 Å². The molecule has 4 heterocycles. The van der Waals surface area contributed by atoms with Gasteiger partial charge in [-0.1, -0.05) is 23.7 Å². The van der Waals surface area contributed by atoms with Crippen molar-refractivity contribution in [2.24, 2.45) is 14.1 Å². The zero-order valence-electron chi connectivity index (χ0n) is 33.5. The van der Waals surface area contributed by atoms with E-state index >= 15 is 0 Å². The molecule has 58 heavy (non-hydrogen) atoms. The Morgan fingerprint density at radius 1 is 1.02 bits per heavy atom. The first-order valence-corrected chi connectivity index (χ1v) is 21.4. The molecule has 1 unspecified atom stereocenters. The van der Waals surface area contributed by atoms with Crippen molar-refractivity contribution in [2.75, 3.05) is 26.1 Å². The summed E-state index contributed by atoms with van der Waals surface area (Å²) in [5.41, 5.74) is 8.39. The van der Waals surface area contributed by atoms with Crippen molar-refractivity contribution < 1.29 is 33.6 Å². The summed E-state index contributed by atoms with van der Waals surface area (Å²) in [6.45, 7) is 3.44. The molecule has 6 aromatic rings. The number of phenols is 1. The maximum absolute atomic E-state index is 13.9. The number of ether oxygens (including phenoxy) is 3. The van der Waals surface area contributed by atoms with E-state index in [2.05, 4.69) is 10.6 Å². The number of fused-ring (bicyclic) bond motifs is 2. The Bertz CT molecular complexity index is 2420. The number of hydrogen-bond acceptors (Lipinski definition) is 9. The summed E-state index contributed by atoms with van der Waals surface area (Å²) < 4.78 is 37.1. The van der Waals surface area contributed by atoms with E-state index in [-0.39, 0.29) is 31.1 Å². The molecule has 11 nitrogen and oxygen atoms in total. The highest BCUT2D eigenvalue weighted by Crippen LogP contribution is 2.43. The number of aryl methyl sites for hydroxylation is 6. The van der Waals surface area contributed by atoms with Crippen LogP contribution in [0.1, 0.15) is 76.5 Å². The zero-order chi connectivity index (χ0) is 40.9. The first-order chi connectivity index (χ1) is 28.1. The van der Waals surface area contributed by atoms with Crippen LogP contribution < -0.4 is 0 Å². The smallest absolute Gasteiger partial charge is 0.354 e. The first kappa shape index (κ1) is 41.7. The molecule has 14 heteroatoms. The molecule has 3 aromatic heterocycles. The molecule has 0 aliphatic carbocycles. The molecule has 1 aliphatic rings. The number of aromatic nitrogens is 5. The number of carbonyl (C=O) groups excluding carboxylic acids is 1. The van der Waals surface area contributed by atoms with Gasteiger partial charge < -0.3 is 29.0 Å². The Labute approximate surface area is 347 Å². The van der Waals surface area contributed by atoms with Gasteiger partial charge in [-0.3, -0.25) is 9.36 Å². The fraction of sp³-hybridized carbons (Fsp3) is 0.432. The average Bonchev–Trinajstić information content (AvgIpc) is 3.83. The first-order valence-electron chi connectivity index (χ1n) is 19.9. The molecule has 0 spiro atoms. The van der Waals surface area contributed by atoms with Crippen molar-refractivity contribution in [1.82, 2.24) is 24.1 Å². The van der Waals surface area contributed by atoms with E-state index in [1.54, 1.807) is 23.9 Å². The summed E-state index contributed by atoms with van der Waals surface area (Å²) in [7, 11) is 5.23. The monoisotopic (exact) mass is 831 g/mol. The van der Waals surface area contributed by atoms with E-state index in [0.717, 1.165) is 87.4 Å². The number of hydrogen-bond donors (Lipinski definition) is 2. The van der Waals surface area contributed by atoms with Crippen LogP contribution in [-0.2, 0) is 66.5 Å². The van der Waals surface area contributed by atoms with Gasteiger partial charge >= 0.3 is 5.97 Å². The van der Waals surface area contributed by atoms with Gasteiger partial charge in [0.15, 0.2) is 6.29 Å². The van der Waals surface area contributed by atoms with Crippen molar-refractivity contribution in [3.8, 4) is 16.9 Å². The van der Waals surface area contributed by atoms with E-state index in [4.69, 9.17) is 36.0 Å². The fourth-order valence-corrected chi connectivity index (χ4v) is 9.16. The van der Waals surface area contributed by atoms with Crippen LogP contribution in [0.4, 0.5) is 4.39 Å². The maximum atomic E-state index is 13.9. The Morgan fingerprint density at radius 3 is 2.62 bits per heavy atom. The molecule has 0 bridgehead atoms. The van der Waals surface area contributed by atoms with Crippen molar-refractivity contribution in [2.45, 2.75) is 83.5 Å². The number of carbonyl (C=O) groups is 1. The highest BCUT2D eigenvalue weighted by molar-refractivity contribution is 7.98. The van der Waals surface area contributed by atoms with E-state index in [1.165, 1.54) is 19.2 Å². The van der Waals surface area contributed by atoms with Crippen molar-refractivity contribution in [3.63, 3.8) is 0 Å². The van der Waals surface area contributed by atoms with Crippen molar-refractivity contribution in [1.29, 1.82) is 0 Å².